The molecule has 0 saturated carbocycles. The van der Waals surface area contributed by atoms with Gasteiger partial charge >= 0.3 is 63.7 Å². The average Bonchev–Trinajstić information content (AvgIpc) is 3.32. The minimum absolute atomic E-state index is 0. The van der Waals surface area contributed by atoms with Crippen LogP contribution in [0.1, 0.15) is 58.1 Å². The van der Waals surface area contributed by atoms with Gasteiger partial charge in [0.15, 0.2) is 23.2 Å². The van der Waals surface area contributed by atoms with Gasteiger partial charge in [0.25, 0.3) is 0 Å². The van der Waals surface area contributed by atoms with Crippen molar-refractivity contribution in [3.8, 4) is 0 Å². The third-order valence-electron chi connectivity index (χ3n) is 9.92. The fourth-order valence-electron chi connectivity index (χ4n) is 6.46. The summed E-state index contributed by atoms with van der Waals surface area (Å²) in [5.41, 5.74) is 2.31. The number of ketones is 1. The summed E-state index contributed by atoms with van der Waals surface area (Å²) >= 11 is 0. The molecule has 23 heteroatoms. The molecule has 2 saturated heterocycles. The number of pyridine rings is 2. The molecule has 0 amide bonds. The van der Waals surface area contributed by atoms with E-state index in [2.05, 4.69) is 46.5 Å². The van der Waals surface area contributed by atoms with E-state index >= 15 is 0 Å². The van der Waals surface area contributed by atoms with Gasteiger partial charge in [-0.1, -0.05) is 30.3 Å². The molecule has 2 aliphatic heterocycles. The van der Waals surface area contributed by atoms with Gasteiger partial charge in [0.1, 0.15) is 5.69 Å². The smallest absolute Gasteiger partial charge is 0.693 e. The summed E-state index contributed by atoms with van der Waals surface area (Å²) in [6.45, 7) is 8.04. The van der Waals surface area contributed by atoms with E-state index in [9.17, 15) is 39.9 Å². The summed E-state index contributed by atoms with van der Waals surface area (Å²) in [7, 11) is 0. The van der Waals surface area contributed by atoms with Gasteiger partial charge in [-0.15, -0.1) is 0 Å². The van der Waals surface area contributed by atoms with Crippen LogP contribution >= 0.6 is 0 Å². The Balaban J connectivity index is 0.000000250. The van der Waals surface area contributed by atoms with Crippen molar-refractivity contribution in [1.82, 2.24) is 29.9 Å². The Bertz CT molecular complexity index is 2600. The Labute approximate surface area is 435 Å². The van der Waals surface area contributed by atoms with E-state index in [-0.39, 0.29) is 75.7 Å². The van der Waals surface area contributed by atoms with Crippen LogP contribution in [-0.2, 0) is 34.8 Å². The van der Waals surface area contributed by atoms with Crippen LogP contribution in [0.5, 0.6) is 0 Å². The van der Waals surface area contributed by atoms with E-state index in [1.807, 2.05) is 9.80 Å². The number of nitrogens with one attached hydrogen (secondary N) is 1. The van der Waals surface area contributed by atoms with E-state index in [0.717, 1.165) is 42.2 Å². The summed E-state index contributed by atoms with van der Waals surface area (Å²) in [6, 6.07) is 16.8. The number of aromatic nitrogens is 6. The maximum absolute atomic E-state index is 14.2. The summed E-state index contributed by atoms with van der Waals surface area (Å²) in [5, 5.41) is 2.91. The number of carbonyl (C=O) groups is 1. The van der Waals surface area contributed by atoms with E-state index in [0.29, 0.717) is 105 Å². The Morgan fingerprint density at radius 3 is 1.87 bits per heavy atom. The molecule has 0 atom stereocenters. The summed E-state index contributed by atoms with van der Waals surface area (Å²) in [4.78, 5) is 43.0. The van der Waals surface area contributed by atoms with Crippen molar-refractivity contribution in [3.63, 3.8) is 0 Å². The monoisotopic (exact) mass is 990 g/mol. The maximum atomic E-state index is 14.2. The average molecular weight is 991 g/mol. The number of alkyl halides is 6. The second-order valence-electron chi connectivity index (χ2n) is 14.8. The van der Waals surface area contributed by atoms with Crippen LogP contribution in [0.15, 0.2) is 103 Å². The first-order chi connectivity index (χ1) is 32.0. The van der Waals surface area contributed by atoms with Gasteiger partial charge in [0.05, 0.1) is 85.2 Å². The first-order valence-electron chi connectivity index (χ1n) is 20.6. The zero-order valence-corrected chi connectivity index (χ0v) is 40.8. The van der Waals surface area contributed by atoms with Crippen molar-refractivity contribution in [2.45, 2.75) is 39.2 Å². The molecule has 2 aromatic carbocycles. The second kappa shape index (κ2) is 26.5. The summed E-state index contributed by atoms with van der Waals surface area (Å²) in [5.74, 6) is -0.0965. The van der Waals surface area contributed by atoms with Crippen LogP contribution in [0.4, 0.5) is 58.1 Å². The number of hydrogen-bond donors (Lipinski definition) is 1. The fourth-order valence-corrected chi connectivity index (χ4v) is 6.46. The second-order valence-corrected chi connectivity index (χ2v) is 14.8. The topological polar surface area (TPSA) is 177 Å². The van der Waals surface area contributed by atoms with Crippen LogP contribution in [0.3, 0.4) is 0 Å². The quantitative estimate of drug-likeness (QED) is 0.0520. The van der Waals surface area contributed by atoms with Gasteiger partial charge in [-0.05, 0) is 73.1 Å². The number of rotatable bonds is 10. The van der Waals surface area contributed by atoms with E-state index in [1.165, 1.54) is 31.5 Å². The molecule has 360 valence electrons. The SMILES string of the molecule is CC(=NCc1ncc(F)c(N2CCOCC2)n1)c1ccc(Nc2cccc(C(F)(F)F)c2)cn1.CC(=O)c1ccc(Cc2cccc(C(F)(F)F)c2)cn1.Fc1cn[c-]nc1N1CCOCC1.[K+].[NH2-]. The van der Waals surface area contributed by atoms with Crippen LogP contribution in [0, 0.1) is 18.0 Å². The van der Waals surface area contributed by atoms with Crippen molar-refractivity contribution < 1.29 is 101 Å². The first-order valence-corrected chi connectivity index (χ1v) is 20.6. The molecular formula is C46H45F8KN11O3-. The van der Waals surface area contributed by atoms with Crippen molar-refractivity contribution in [3.05, 3.63) is 161 Å². The van der Waals surface area contributed by atoms with Crippen LogP contribution in [-0.4, -0.2) is 94.0 Å². The van der Waals surface area contributed by atoms with Crippen LogP contribution in [0.25, 0.3) is 6.15 Å². The molecule has 3 N–H and O–H groups in total. The van der Waals surface area contributed by atoms with Crippen molar-refractivity contribution >= 4 is 34.5 Å². The third-order valence-corrected chi connectivity index (χ3v) is 9.92. The molecule has 2 fully saturated rings. The molecular weight excluding hydrogens is 946 g/mol. The largest absolute Gasteiger partial charge is 1.00 e. The first kappa shape index (κ1) is 56.2. The van der Waals surface area contributed by atoms with Crippen LogP contribution in [0.2, 0.25) is 0 Å². The molecule has 6 aromatic rings. The molecule has 14 nitrogen and oxygen atoms in total. The minimum atomic E-state index is -4.41. The van der Waals surface area contributed by atoms with Gasteiger partial charge in [0, 0.05) is 51.3 Å². The maximum Gasteiger partial charge on any atom is 1.00 e. The predicted molar refractivity (Wildman–Crippen MR) is 238 cm³/mol. The number of halogens is 8. The molecule has 8 rings (SSSR count). The molecule has 0 aliphatic carbocycles. The molecule has 69 heavy (non-hydrogen) atoms. The Morgan fingerprint density at radius 1 is 0.696 bits per heavy atom. The Kier molecular flexibility index (Phi) is 21.6. The van der Waals surface area contributed by atoms with E-state index in [4.69, 9.17) is 9.47 Å². The zero-order chi connectivity index (χ0) is 48.0. The number of Topliss-reactive ketones (excluding diaryl/α,β-unsaturated/α-hetero) is 1. The number of aliphatic imine (C=N–C) groups is 1. The molecule has 0 bridgehead atoms. The third kappa shape index (κ3) is 17.2. The van der Waals surface area contributed by atoms with Crippen molar-refractivity contribution in [1.29, 1.82) is 0 Å². The number of nitrogens with zero attached hydrogens (tertiary/aromatic N) is 9. The molecule has 2 aliphatic rings. The van der Waals surface area contributed by atoms with E-state index < -0.39 is 35.1 Å². The number of hydrogen-bond acceptors (Lipinski definition) is 13. The van der Waals surface area contributed by atoms with Gasteiger partial charge < -0.3 is 40.7 Å². The molecule has 0 radical (unpaired) electrons. The Hall–Kier alpha value is -5.40. The van der Waals surface area contributed by atoms with Crippen molar-refractivity contribution in [2.75, 3.05) is 67.7 Å². The number of carbonyl (C=O) groups excluding carboxylic acids is 1. The number of ether oxygens (including phenoxy) is 2. The van der Waals surface area contributed by atoms with Gasteiger partial charge in [-0.3, -0.25) is 19.8 Å². The summed E-state index contributed by atoms with van der Waals surface area (Å²) in [6.07, 6.45) is -0.743. The van der Waals surface area contributed by atoms with Gasteiger partial charge in [-0.2, -0.15) is 26.3 Å². The Morgan fingerprint density at radius 2 is 1.29 bits per heavy atom. The number of anilines is 4. The number of morpholine rings is 2. The van der Waals surface area contributed by atoms with Crippen LogP contribution < -0.4 is 66.5 Å². The molecule has 0 unspecified atom stereocenters. The molecule has 4 aromatic heterocycles. The normalized spacial score (nSPS) is 13.9. The van der Waals surface area contributed by atoms with E-state index in [1.54, 1.807) is 43.3 Å². The molecule has 6 heterocycles. The molecule has 0 spiro atoms. The van der Waals surface area contributed by atoms with Gasteiger partial charge in [0.2, 0.25) is 0 Å². The minimum Gasteiger partial charge on any atom is -0.693 e. The number of benzene rings is 2. The standard InChI is InChI=1S/C23H22F4N6O.C15H12F3NO.C8H9FN3O.K.H2N/c1-15(28-14-21-30-13-19(24)22(32-21)33-7-9-34-10-8-33)20-6-5-18(12-29-20)31-17-4-2-3-16(11-17)23(25,26)27;1-10(20)14-6-5-12(9-19-14)7-11-3-2-4-13(8-11)15(16,17)18;9-7-5-10-6-11-8(7)12-1-3-13-4-2-12;;/h2-6,11-13,31H,7-10,14H2,1H3;2-6,8-9H,7H2,1H3;5H,1-4H2;;1H2/q;;-1;+1;-1. The number of nitrogens with two attached hydrogens (primary N) is 1. The summed E-state index contributed by atoms with van der Waals surface area (Å²) < 4.78 is 114. The van der Waals surface area contributed by atoms with Crippen molar-refractivity contribution in [2.24, 2.45) is 4.99 Å². The fraction of sp³-hybridized carbons (Fsp3) is 0.304. The predicted octanol–water partition coefficient (Wildman–Crippen LogP) is 6.49. The zero-order valence-electron chi connectivity index (χ0n) is 37.7. The van der Waals surface area contributed by atoms with Gasteiger partial charge in [-0.25, -0.2) is 18.7 Å².